The zero-order chi connectivity index (χ0) is 10.8. The first kappa shape index (κ1) is 14.5. The Labute approximate surface area is 95.6 Å². The molecule has 0 saturated carbocycles. The van der Waals surface area contributed by atoms with Crippen LogP contribution in [-0.2, 0) is 4.43 Å². The third-order valence-electron chi connectivity index (χ3n) is 2.31. The fraction of sp³-hybridized carbons (Fsp3) is 1.00. The monoisotopic (exact) mass is 236 g/mol. The molecule has 0 aliphatic heterocycles. The average Bonchev–Trinajstić information content (AvgIpc) is 2.11. The van der Waals surface area contributed by atoms with Gasteiger partial charge in [0.1, 0.15) is 0 Å². The lowest BCUT2D eigenvalue weighted by Gasteiger charge is -2.07. The molecule has 0 aliphatic rings. The molecule has 14 heavy (non-hydrogen) atoms. The minimum Gasteiger partial charge on any atom is -0.406 e. The molecule has 0 rings (SSSR count). The van der Waals surface area contributed by atoms with Gasteiger partial charge in [-0.3, -0.25) is 0 Å². The van der Waals surface area contributed by atoms with E-state index in [1.165, 1.54) is 32.1 Å². The second kappa shape index (κ2) is 10.0. The van der Waals surface area contributed by atoms with E-state index in [0.717, 1.165) is 18.6 Å². The molecule has 1 nitrogen and oxygen atoms in total. The van der Waals surface area contributed by atoms with Crippen molar-refractivity contribution in [3.63, 3.8) is 0 Å². The van der Waals surface area contributed by atoms with Crippen molar-refractivity contribution in [3.05, 3.63) is 0 Å². The fourth-order valence-corrected chi connectivity index (χ4v) is 3.45. The molecule has 0 aliphatic carbocycles. The summed E-state index contributed by atoms with van der Waals surface area (Å²) in [6.45, 7) is 7.38. The van der Waals surface area contributed by atoms with Gasteiger partial charge in [0.05, 0.1) is 0 Å². The highest BCUT2D eigenvalue weighted by Crippen LogP contribution is 2.12. The lowest BCUT2D eigenvalue weighted by Crippen LogP contribution is -2.09. The van der Waals surface area contributed by atoms with Gasteiger partial charge in [-0.15, -0.1) is 11.1 Å². The third kappa shape index (κ3) is 10.5. The highest BCUT2D eigenvalue weighted by atomic mass is 35.6. The van der Waals surface area contributed by atoms with Crippen LogP contribution in [0.1, 0.15) is 52.9 Å². The molecule has 0 radical (unpaired) electrons. The third-order valence-corrected chi connectivity index (χ3v) is 4.90. The first-order valence-corrected chi connectivity index (χ1v) is 8.95. The molecule has 1 unspecified atom stereocenters. The maximum Gasteiger partial charge on any atom is 0.274 e. The van der Waals surface area contributed by atoms with E-state index in [4.69, 9.17) is 15.5 Å². The Morgan fingerprint density at radius 3 is 2.36 bits per heavy atom. The molecule has 0 aromatic heterocycles. The Morgan fingerprint density at radius 2 is 1.79 bits per heavy atom. The second-order valence-electron chi connectivity index (χ2n) is 4.25. The van der Waals surface area contributed by atoms with Gasteiger partial charge >= 0.3 is 0 Å². The first-order valence-electron chi connectivity index (χ1n) is 5.92. The van der Waals surface area contributed by atoms with Crippen molar-refractivity contribution in [2.75, 3.05) is 6.61 Å². The molecule has 0 heterocycles. The van der Waals surface area contributed by atoms with Gasteiger partial charge in [0.2, 0.25) is 0 Å². The molecule has 0 spiro atoms. The van der Waals surface area contributed by atoms with E-state index in [9.17, 15) is 0 Å². The van der Waals surface area contributed by atoms with Crippen molar-refractivity contribution in [3.8, 4) is 0 Å². The van der Waals surface area contributed by atoms with Gasteiger partial charge in [0, 0.05) is 6.61 Å². The summed E-state index contributed by atoms with van der Waals surface area (Å²) in [5.74, 6) is 0.855. The van der Waals surface area contributed by atoms with Crippen LogP contribution in [0.5, 0.6) is 0 Å². The largest absolute Gasteiger partial charge is 0.406 e. The first-order chi connectivity index (χ1) is 6.66. The van der Waals surface area contributed by atoms with E-state index in [1.807, 2.05) is 6.92 Å². The lowest BCUT2D eigenvalue weighted by molar-refractivity contribution is 0.352. The van der Waals surface area contributed by atoms with Crippen LogP contribution in [0.2, 0.25) is 6.04 Å². The van der Waals surface area contributed by atoms with Crippen LogP contribution in [0, 0.1) is 5.92 Å². The predicted molar refractivity (Wildman–Crippen MR) is 67.4 cm³/mol. The number of hydrogen-bond acceptors (Lipinski definition) is 1. The molecule has 0 bridgehead atoms. The molecular formula is C11H25ClOSi. The van der Waals surface area contributed by atoms with Crippen LogP contribution in [0.4, 0.5) is 0 Å². The highest BCUT2D eigenvalue weighted by molar-refractivity contribution is 7.03. The molecule has 0 saturated heterocycles. The summed E-state index contributed by atoms with van der Waals surface area (Å²) < 4.78 is 5.39. The summed E-state index contributed by atoms with van der Waals surface area (Å²) in [5, 5.41) is 0. The van der Waals surface area contributed by atoms with Crippen molar-refractivity contribution in [1.82, 2.24) is 0 Å². The van der Waals surface area contributed by atoms with Crippen molar-refractivity contribution < 1.29 is 4.43 Å². The van der Waals surface area contributed by atoms with Gasteiger partial charge in [0.15, 0.2) is 0 Å². The van der Waals surface area contributed by atoms with E-state index < -0.39 is 8.35 Å². The van der Waals surface area contributed by atoms with E-state index in [0.29, 0.717) is 0 Å². The number of halogens is 1. The SMILES string of the molecule is CCO[SiH](Cl)CCCCCCC(C)C. The van der Waals surface area contributed by atoms with Crippen LogP contribution in [0.3, 0.4) is 0 Å². The van der Waals surface area contributed by atoms with Crippen molar-refractivity contribution in [2.24, 2.45) is 5.92 Å². The molecule has 0 N–H and O–H groups in total. The molecule has 1 atom stereocenters. The summed E-state index contributed by atoms with van der Waals surface area (Å²) in [7, 11) is -1.30. The van der Waals surface area contributed by atoms with E-state index in [-0.39, 0.29) is 0 Å². The summed E-state index contributed by atoms with van der Waals surface area (Å²) in [5.41, 5.74) is 0. The maximum absolute atomic E-state index is 6.06. The average molecular weight is 237 g/mol. The number of rotatable bonds is 9. The van der Waals surface area contributed by atoms with E-state index >= 15 is 0 Å². The van der Waals surface area contributed by atoms with E-state index in [2.05, 4.69) is 13.8 Å². The highest BCUT2D eigenvalue weighted by Gasteiger charge is 2.05. The molecule has 3 heteroatoms. The number of hydrogen-bond donors (Lipinski definition) is 0. The van der Waals surface area contributed by atoms with Crippen molar-refractivity contribution in [2.45, 2.75) is 58.9 Å². The van der Waals surface area contributed by atoms with Crippen LogP contribution in [0.15, 0.2) is 0 Å². The van der Waals surface area contributed by atoms with Crippen LogP contribution in [0.25, 0.3) is 0 Å². The Hall–Kier alpha value is 0.467. The molecule has 86 valence electrons. The molecule has 0 aromatic rings. The zero-order valence-corrected chi connectivity index (χ0v) is 11.8. The molecular weight excluding hydrogens is 212 g/mol. The standard InChI is InChI=1S/C11H25ClOSi/c1-4-13-14(12)10-8-6-5-7-9-11(2)3/h11,14H,4-10H2,1-3H3. The molecule has 0 amide bonds. The van der Waals surface area contributed by atoms with Gasteiger partial charge in [-0.1, -0.05) is 46.0 Å². The van der Waals surface area contributed by atoms with Crippen LogP contribution < -0.4 is 0 Å². The Morgan fingerprint density at radius 1 is 1.14 bits per heavy atom. The summed E-state index contributed by atoms with van der Waals surface area (Å²) >= 11 is 6.06. The zero-order valence-electron chi connectivity index (χ0n) is 9.89. The quantitative estimate of drug-likeness (QED) is 0.333. The molecule has 0 aromatic carbocycles. The minimum atomic E-state index is -1.30. The van der Waals surface area contributed by atoms with Crippen molar-refractivity contribution >= 4 is 19.4 Å². The summed E-state index contributed by atoms with van der Waals surface area (Å²) in [6, 6.07) is 1.14. The summed E-state index contributed by atoms with van der Waals surface area (Å²) in [4.78, 5) is 0. The van der Waals surface area contributed by atoms with Crippen molar-refractivity contribution in [1.29, 1.82) is 0 Å². The number of unbranched alkanes of at least 4 members (excludes halogenated alkanes) is 3. The topological polar surface area (TPSA) is 9.23 Å². The fourth-order valence-electron chi connectivity index (χ4n) is 1.48. The Bertz CT molecular complexity index is 120. The Kier molecular flexibility index (Phi) is 10.3. The van der Waals surface area contributed by atoms with Gasteiger partial charge in [-0.2, -0.15) is 0 Å². The van der Waals surface area contributed by atoms with Gasteiger partial charge in [-0.05, 0) is 18.9 Å². The minimum absolute atomic E-state index is 0.785. The van der Waals surface area contributed by atoms with Gasteiger partial charge < -0.3 is 4.43 Å². The normalized spacial score (nSPS) is 13.5. The predicted octanol–water partition coefficient (Wildman–Crippen LogP) is 4.09. The second-order valence-corrected chi connectivity index (χ2v) is 7.44. The van der Waals surface area contributed by atoms with Crippen LogP contribution >= 0.6 is 11.1 Å². The van der Waals surface area contributed by atoms with Gasteiger partial charge in [-0.25, -0.2) is 0 Å². The maximum atomic E-state index is 6.06. The lowest BCUT2D eigenvalue weighted by atomic mass is 10.0. The van der Waals surface area contributed by atoms with E-state index in [1.54, 1.807) is 0 Å². The summed E-state index contributed by atoms with van der Waals surface area (Å²) in [6.07, 6.45) is 6.70. The smallest absolute Gasteiger partial charge is 0.274 e. The molecule has 0 fully saturated rings. The van der Waals surface area contributed by atoms with Gasteiger partial charge in [0.25, 0.3) is 8.35 Å². The Balaban J connectivity index is 3.05. The van der Waals surface area contributed by atoms with Crippen LogP contribution in [-0.4, -0.2) is 15.0 Å².